The van der Waals surface area contributed by atoms with Crippen molar-refractivity contribution >= 4 is 11.6 Å². The molecule has 0 spiro atoms. The Balaban J connectivity index is 0.00000161. The molecule has 0 radical (unpaired) electrons. The van der Waals surface area contributed by atoms with Gasteiger partial charge in [-0.15, -0.1) is 10.2 Å². The van der Waals surface area contributed by atoms with E-state index in [1.807, 2.05) is 54.6 Å². The number of aromatic nitrogens is 2. The van der Waals surface area contributed by atoms with E-state index in [9.17, 15) is 0 Å². The summed E-state index contributed by atoms with van der Waals surface area (Å²) in [5.41, 5.74) is 2.02. The quantitative estimate of drug-likeness (QED) is 0.507. The molecule has 0 unspecified atom stereocenters. The van der Waals surface area contributed by atoms with Gasteiger partial charge in [0.2, 0.25) is 0 Å². The van der Waals surface area contributed by atoms with Gasteiger partial charge in [-0.25, -0.2) is 9.97 Å². The van der Waals surface area contributed by atoms with Crippen LogP contribution in [0.3, 0.4) is 0 Å². The molecule has 0 N–H and O–H groups in total. The second-order valence-electron chi connectivity index (χ2n) is 4.13. The first kappa shape index (κ1) is 15.1. The standard InChI is InChI=1S/C16H12N4.Ru/c1-2-7-13(8-3-1)14-9-6-12-18-16(14)20-19-15-10-4-5-11-17-15;/h1-12H;. The van der Waals surface area contributed by atoms with Gasteiger partial charge in [-0.2, -0.15) is 0 Å². The number of rotatable bonds is 3. The topological polar surface area (TPSA) is 50.5 Å². The Bertz CT molecular complexity index is 715. The van der Waals surface area contributed by atoms with Gasteiger partial charge in [-0.05, 0) is 29.8 Å². The van der Waals surface area contributed by atoms with E-state index in [0.717, 1.165) is 11.1 Å². The fourth-order valence-corrected chi connectivity index (χ4v) is 1.83. The Morgan fingerprint density at radius 2 is 1.43 bits per heavy atom. The third-order valence-corrected chi connectivity index (χ3v) is 2.77. The van der Waals surface area contributed by atoms with Crippen molar-refractivity contribution in [2.24, 2.45) is 10.2 Å². The maximum Gasteiger partial charge on any atom is 0.182 e. The first-order valence-corrected chi connectivity index (χ1v) is 6.27. The monoisotopic (exact) mass is 362 g/mol. The normalized spacial score (nSPS) is 10.3. The molecule has 2 heterocycles. The van der Waals surface area contributed by atoms with Gasteiger partial charge in [0.15, 0.2) is 11.6 Å². The SMILES string of the molecule is [Ru].c1ccc(-c2cccnc2N=Nc2ccccn2)cc1. The number of hydrogen-bond acceptors (Lipinski definition) is 4. The molecule has 0 aliphatic heterocycles. The van der Waals surface area contributed by atoms with Crippen LogP contribution in [0.4, 0.5) is 11.6 Å². The molecule has 4 nitrogen and oxygen atoms in total. The number of nitrogens with zero attached hydrogens (tertiary/aromatic N) is 4. The molecule has 0 saturated heterocycles. The molecular formula is C16H12N4Ru. The summed E-state index contributed by atoms with van der Waals surface area (Å²) in [6.07, 6.45) is 3.39. The van der Waals surface area contributed by atoms with Gasteiger partial charge >= 0.3 is 0 Å². The van der Waals surface area contributed by atoms with E-state index in [1.54, 1.807) is 18.5 Å². The third kappa shape index (κ3) is 3.86. The summed E-state index contributed by atoms with van der Waals surface area (Å²) >= 11 is 0. The van der Waals surface area contributed by atoms with Crippen LogP contribution in [0.25, 0.3) is 11.1 Å². The van der Waals surface area contributed by atoms with Crippen LogP contribution in [0.15, 0.2) is 83.3 Å². The molecule has 0 fully saturated rings. The van der Waals surface area contributed by atoms with Crippen molar-refractivity contribution in [2.45, 2.75) is 0 Å². The summed E-state index contributed by atoms with van der Waals surface area (Å²) in [5.74, 6) is 1.15. The molecule has 0 aliphatic carbocycles. The van der Waals surface area contributed by atoms with Crippen molar-refractivity contribution < 1.29 is 19.5 Å². The average molecular weight is 361 g/mol. The van der Waals surface area contributed by atoms with Crippen molar-refractivity contribution in [3.05, 3.63) is 73.1 Å². The van der Waals surface area contributed by atoms with Crippen LogP contribution in [-0.4, -0.2) is 9.97 Å². The average Bonchev–Trinajstić information content (AvgIpc) is 2.55. The van der Waals surface area contributed by atoms with E-state index >= 15 is 0 Å². The van der Waals surface area contributed by atoms with Crippen molar-refractivity contribution in [1.29, 1.82) is 0 Å². The van der Waals surface area contributed by atoms with Gasteiger partial charge in [-0.3, -0.25) is 0 Å². The zero-order valence-electron chi connectivity index (χ0n) is 11.1. The summed E-state index contributed by atoms with van der Waals surface area (Å²) < 4.78 is 0. The van der Waals surface area contributed by atoms with Crippen LogP contribution >= 0.6 is 0 Å². The van der Waals surface area contributed by atoms with Gasteiger partial charge < -0.3 is 0 Å². The molecule has 0 atom stereocenters. The van der Waals surface area contributed by atoms with E-state index in [1.165, 1.54) is 0 Å². The molecule has 2 aromatic heterocycles. The smallest absolute Gasteiger partial charge is 0.182 e. The first-order chi connectivity index (χ1) is 9.93. The van der Waals surface area contributed by atoms with Gasteiger partial charge in [-0.1, -0.05) is 36.4 Å². The molecule has 0 bridgehead atoms. The van der Waals surface area contributed by atoms with Gasteiger partial charge in [0.05, 0.1) is 0 Å². The van der Waals surface area contributed by atoms with Crippen molar-refractivity contribution in [1.82, 2.24) is 9.97 Å². The molecule has 21 heavy (non-hydrogen) atoms. The van der Waals surface area contributed by atoms with E-state index in [2.05, 4.69) is 20.2 Å². The molecule has 104 valence electrons. The zero-order chi connectivity index (χ0) is 13.6. The molecule has 3 aromatic rings. The predicted molar refractivity (Wildman–Crippen MR) is 78.1 cm³/mol. The number of azo groups is 1. The minimum absolute atomic E-state index is 0. The van der Waals surface area contributed by atoms with Gasteiger partial charge in [0, 0.05) is 37.4 Å². The van der Waals surface area contributed by atoms with E-state index in [0.29, 0.717) is 11.6 Å². The third-order valence-electron chi connectivity index (χ3n) is 2.77. The number of hydrogen-bond donors (Lipinski definition) is 0. The van der Waals surface area contributed by atoms with Crippen LogP contribution in [-0.2, 0) is 19.5 Å². The van der Waals surface area contributed by atoms with Gasteiger partial charge in [0.1, 0.15) is 0 Å². The molecule has 5 heteroatoms. The van der Waals surface area contributed by atoms with E-state index in [-0.39, 0.29) is 19.5 Å². The Hall–Kier alpha value is -2.26. The fraction of sp³-hybridized carbons (Fsp3) is 0. The number of pyridine rings is 2. The Morgan fingerprint density at radius 1 is 0.667 bits per heavy atom. The minimum atomic E-state index is 0. The molecule has 3 rings (SSSR count). The van der Waals surface area contributed by atoms with E-state index < -0.39 is 0 Å². The minimum Gasteiger partial charge on any atom is -0.236 e. The Labute approximate surface area is 135 Å². The number of benzene rings is 1. The van der Waals surface area contributed by atoms with Crippen LogP contribution in [0.1, 0.15) is 0 Å². The summed E-state index contributed by atoms with van der Waals surface area (Å²) in [6, 6.07) is 19.4. The van der Waals surface area contributed by atoms with Crippen LogP contribution < -0.4 is 0 Å². The van der Waals surface area contributed by atoms with Crippen molar-refractivity contribution in [3.8, 4) is 11.1 Å². The summed E-state index contributed by atoms with van der Waals surface area (Å²) in [6.45, 7) is 0. The molecule has 0 aliphatic rings. The Kier molecular flexibility index (Phi) is 5.41. The Morgan fingerprint density at radius 3 is 2.19 bits per heavy atom. The van der Waals surface area contributed by atoms with Crippen LogP contribution in [0.2, 0.25) is 0 Å². The summed E-state index contributed by atoms with van der Waals surface area (Å²) in [5, 5.41) is 8.32. The molecule has 0 amide bonds. The van der Waals surface area contributed by atoms with Crippen molar-refractivity contribution in [3.63, 3.8) is 0 Å². The second kappa shape index (κ2) is 7.51. The first-order valence-electron chi connectivity index (χ1n) is 6.27. The summed E-state index contributed by atoms with van der Waals surface area (Å²) in [4.78, 5) is 8.39. The van der Waals surface area contributed by atoms with Crippen molar-refractivity contribution in [2.75, 3.05) is 0 Å². The van der Waals surface area contributed by atoms with Gasteiger partial charge in [0.25, 0.3) is 0 Å². The van der Waals surface area contributed by atoms with Crippen LogP contribution in [0.5, 0.6) is 0 Å². The molecular weight excluding hydrogens is 349 g/mol. The maximum absolute atomic E-state index is 4.28. The fourth-order valence-electron chi connectivity index (χ4n) is 1.83. The van der Waals surface area contributed by atoms with Crippen LogP contribution in [0, 0.1) is 0 Å². The second-order valence-corrected chi connectivity index (χ2v) is 4.13. The predicted octanol–water partition coefficient (Wildman–Crippen LogP) is 4.56. The molecule has 1 aromatic carbocycles. The molecule has 0 saturated carbocycles. The largest absolute Gasteiger partial charge is 0.236 e. The maximum atomic E-state index is 4.28. The van der Waals surface area contributed by atoms with E-state index in [4.69, 9.17) is 0 Å². The summed E-state index contributed by atoms with van der Waals surface area (Å²) in [7, 11) is 0. The zero-order valence-corrected chi connectivity index (χ0v) is 12.8.